The lowest BCUT2D eigenvalue weighted by atomic mass is 10.1. The Morgan fingerprint density at radius 2 is 2.29 bits per heavy atom. The molecule has 0 amide bonds. The third-order valence-electron chi connectivity index (χ3n) is 2.41. The minimum Gasteiger partial charge on any atom is -0.312 e. The lowest BCUT2D eigenvalue weighted by Crippen LogP contribution is -2.17. The Labute approximate surface area is 86.0 Å². The Bertz CT molecular complexity index is 236. The molecular weight excluding hydrogens is 174 g/mol. The molecule has 1 aromatic heterocycles. The number of aromatic nitrogens is 2. The lowest BCUT2D eigenvalue weighted by molar-refractivity contribution is 0.501. The molecular formula is C11H19N3. The van der Waals surface area contributed by atoms with E-state index >= 15 is 0 Å². The molecule has 1 heterocycles. The van der Waals surface area contributed by atoms with Crippen molar-refractivity contribution >= 4 is 0 Å². The molecule has 14 heavy (non-hydrogen) atoms. The molecule has 0 aliphatic rings. The zero-order valence-corrected chi connectivity index (χ0v) is 9.03. The number of unbranched alkanes of at least 4 members (excludes halogenated alkanes) is 2. The quantitative estimate of drug-likeness (QED) is 0.704. The summed E-state index contributed by atoms with van der Waals surface area (Å²) in [6.07, 6.45) is 8.38. The van der Waals surface area contributed by atoms with E-state index in [1.54, 1.807) is 12.5 Å². The van der Waals surface area contributed by atoms with E-state index in [0.717, 1.165) is 12.1 Å². The molecule has 1 rings (SSSR count). The zero-order valence-electron chi connectivity index (χ0n) is 9.03. The van der Waals surface area contributed by atoms with Crippen LogP contribution in [0.2, 0.25) is 0 Å². The highest BCUT2D eigenvalue weighted by Gasteiger charge is 2.08. The molecule has 0 saturated heterocycles. The van der Waals surface area contributed by atoms with Crippen LogP contribution in [0.15, 0.2) is 18.6 Å². The van der Waals surface area contributed by atoms with Gasteiger partial charge in [0.05, 0.1) is 5.69 Å². The standard InChI is InChI=1S/C11H19N3/c1-3-4-5-6-10(12-2)11-7-8-13-9-14-11/h7-10,12H,3-6H2,1-2H3. The van der Waals surface area contributed by atoms with E-state index in [-0.39, 0.29) is 0 Å². The highest BCUT2D eigenvalue weighted by Crippen LogP contribution is 2.16. The first-order chi connectivity index (χ1) is 6.88. The predicted octanol–water partition coefficient (Wildman–Crippen LogP) is 2.32. The Morgan fingerprint density at radius 1 is 1.43 bits per heavy atom. The third kappa shape index (κ3) is 3.42. The van der Waals surface area contributed by atoms with Gasteiger partial charge in [0.25, 0.3) is 0 Å². The average molecular weight is 193 g/mol. The van der Waals surface area contributed by atoms with Crippen molar-refractivity contribution in [3.8, 4) is 0 Å². The summed E-state index contributed by atoms with van der Waals surface area (Å²) in [5, 5.41) is 3.29. The van der Waals surface area contributed by atoms with Gasteiger partial charge in [0, 0.05) is 12.2 Å². The molecule has 1 N–H and O–H groups in total. The number of hydrogen-bond acceptors (Lipinski definition) is 3. The van der Waals surface area contributed by atoms with Gasteiger partial charge in [-0.25, -0.2) is 9.97 Å². The van der Waals surface area contributed by atoms with E-state index in [9.17, 15) is 0 Å². The molecule has 0 bridgehead atoms. The highest BCUT2D eigenvalue weighted by atomic mass is 14.9. The summed E-state index contributed by atoms with van der Waals surface area (Å²) in [7, 11) is 1.98. The Hall–Kier alpha value is -0.960. The molecule has 78 valence electrons. The lowest BCUT2D eigenvalue weighted by Gasteiger charge is -2.14. The van der Waals surface area contributed by atoms with Crippen molar-refractivity contribution in [1.82, 2.24) is 15.3 Å². The molecule has 0 aromatic carbocycles. The fourth-order valence-electron chi connectivity index (χ4n) is 1.55. The minimum absolute atomic E-state index is 0.379. The molecule has 1 atom stereocenters. The second-order valence-corrected chi connectivity index (χ2v) is 3.47. The highest BCUT2D eigenvalue weighted by molar-refractivity contribution is 5.04. The van der Waals surface area contributed by atoms with Gasteiger partial charge in [0.1, 0.15) is 6.33 Å². The number of nitrogens with zero attached hydrogens (tertiary/aromatic N) is 2. The van der Waals surface area contributed by atoms with Crippen LogP contribution in [0, 0.1) is 0 Å². The van der Waals surface area contributed by atoms with Crippen LogP contribution in [0.25, 0.3) is 0 Å². The van der Waals surface area contributed by atoms with Gasteiger partial charge in [-0.15, -0.1) is 0 Å². The molecule has 3 nitrogen and oxygen atoms in total. The van der Waals surface area contributed by atoms with Gasteiger partial charge in [0.15, 0.2) is 0 Å². The maximum Gasteiger partial charge on any atom is 0.115 e. The Morgan fingerprint density at radius 3 is 2.86 bits per heavy atom. The van der Waals surface area contributed by atoms with Gasteiger partial charge in [-0.2, -0.15) is 0 Å². The van der Waals surface area contributed by atoms with Crippen LogP contribution in [0.3, 0.4) is 0 Å². The summed E-state index contributed by atoms with van der Waals surface area (Å²) >= 11 is 0. The molecule has 1 unspecified atom stereocenters. The average Bonchev–Trinajstić information content (AvgIpc) is 2.26. The fourth-order valence-corrected chi connectivity index (χ4v) is 1.55. The summed E-state index contributed by atoms with van der Waals surface area (Å²) in [4.78, 5) is 8.17. The summed E-state index contributed by atoms with van der Waals surface area (Å²) in [5.74, 6) is 0. The largest absolute Gasteiger partial charge is 0.312 e. The molecule has 0 saturated carbocycles. The van der Waals surface area contributed by atoms with Crippen LogP contribution in [0.4, 0.5) is 0 Å². The van der Waals surface area contributed by atoms with E-state index in [4.69, 9.17) is 0 Å². The number of hydrogen-bond donors (Lipinski definition) is 1. The van der Waals surface area contributed by atoms with Crippen LogP contribution in [-0.2, 0) is 0 Å². The SMILES string of the molecule is CCCCCC(NC)c1ccncn1. The molecule has 1 aromatic rings. The topological polar surface area (TPSA) is 37.8 Å². The second kappa shape index (κ2) is 6.49. The van der Waals surface area contributed by atoms with E-state index in [1.807, 2.05) is 13.1 Å². The monoisotopic (exact) mass is 193 g/mol. The molecule has 0 aliphatic carbocycles. The van der Waals surface area contributed by atoms with Gasteiger partial charge in [0.2, 0.25) is 0 Å². The maximum atomic E-state index is 4.26. The van der Waals surface area contributed by atoms with E-state index in [1.165, 1.54) is 19.3 Å². The second-order valence-electron chi connectivity index (χ2n) is 3.47. The van der Waals surface area contributed by atoms with Crippen molar-refractivity contribution in [3.63, 3.8) is 0 Å². The number of nitrogens with one attached hydrogen (secondary N) is 1. The predicted molar refractivity (Wildman–Crippen MR) is 58.0 cm³/mol. The first-order valence-corrected chi connectivity index (χ1v) is 5.31. The van der Waals surface area contributed by atoms with E-state index in [2.05, 4.69) is 22.2 Å². The van der Waals surface area contributed by atoms with Crippen molar-refractivity contribution in [2.75, 3.05) is 7.05 Å². The molecule has 0 aliphatic heterocycles. The fraction of sp³-hybridized carbons (Fsp3) is 0.636. The van der Waals surface area contributed by atoms with Crippen molar-refractivity contribution in [1.29, 1.82) is 0 Å². The first-order valence-electron chi connectivity index (χ1n) is 5.31. The van der Waals surface area contributed by atoms with Crippen LogP contribution in [0.5, 0.6) is 0 Å². The summed E-state index contributed by atoms with van der Waals surface area (Å²) < 4.78 is 0. The third-order valence-corrected chi connectivity index (χ3v) is 2.41. The van der Waals surface area contributed by atoms with Crippen molar-refractivity contribution < 1.29 is 0 Å². The number of rotatable bonds is 6. The first kappa shape index (κ1) is 11.1. The normalized spacial score (nSPS) is 12.7. The Balaban J connectivity index is 2.46. The van der Waals surface area contributed by atoms with Crippen molar-refractivity contribution in [2.24, 2.45) is 0 Å². The van der Waals surface area contributed by atoms with Crippen LogP contribution >= 0.6 is 0 Å². The van der Waals surface area contributed by atoms with Crippen LogP contribution in [0.1, 0.15) is 44.3 Å². The van der Waals surface area contributed by atoms with E-state index < -0.39 is 0 Å². The van der Waals surface area contributed by atoms with E-state index in [0.29, 0.717) is 6.04 Å². The Kier molecular flexibility index (Phi) is 5.15. The maximum absolute atomic E-state index is 4.26. The smallest absolute Gasteiger partial charge is 0.115 e. The van der Waals surface area contributed by atoms with Gasteiger partial charge in [-0.05, 0) is 19.5 Å². The van der Waals surface area contributed by atoms with Crippen LogP contribution in [-0.4, -0.2) is 17.0 Å². The van der Waals surface area contributed by atoms with Gasteiger partial charge in [-0.3, -0.25) is 0 Å². The molecule has 0 fully saturated rings. The van der Waals surface area contributed by atoms with Crippen LogP contribution < -0.4 is 5.32 Å². The van der Waals surface area contributed by atoms with Gasteiger partial charge >= 0.3 is 0 Å². The van der Waals surface area contributed by atoms with Gasteiger partial charge in [-0.1, -0.05) is 26.2 Å². The van der Waals surface area contributed by atoms with Crippen molar-refractivity contribution in [3.05, 3.63) is 24.3 Å². The summed E-state index contributed by atoms with van der Waals surface area (Å²) in [5.41, 5.74) is 1.10. The zero-order chi connectivity index (χ0) is 10.2. The van der Waals surface area contributed by atoms with Crippen molar-refractivity contribution in [2.45, 2.75) is 38.6 Å². The molecule has 0 radical (unpaired) electrons. The van der Waals surface area contributed by atoms with Gasteiger partial charge < -0.3 is 5.32 Å². The minimum atomic E-state index is 0.379. The summed E-state index contributed by atoms with van der Waals surface area (Å²) in [6.45, 7) is 2.22. The molecule has 3 heteroatoms. The molecule has 0 spiro atoms. The summed E-state index contributed by atoms with van der Waals surface area (Å²) in [6, 6.07) is 2.36.